The Kier molecular flexibility index (Phi) is 7.50. The van der Waals surface area contributed by atoms with Gasteiger partial charge in [0.15, 0.2) is 0 Å². The lowest BCUT2D eigenvalue weighted by Crippen LogP contribution is -2.48. The first-order valence-corrected chi connectivity index (χ1v) is 13.4. The third-order valence-corrected chi connectivity index (χ3v) is 8.01. The number of anilines is 2. The summed E-state index contributed by atoms with van der Waals surface area (Å²) in [5.74, 6) is 6.27. The predicted octanol–water partition coefficient (Wildman–Crippen LogP) is 4.23. The van der Waals surface area contributed by atoms with E-state index in [1.807, 2.05) is 11.9 Å². The molecule has 1 aromatic carbocycles. The molecular weight excluding hydrogens is 548 g/mol. The number of hydrogen-bond acceptors (Lipinski definition) is 7. The lowest BCUT2D eigenvalue weighted by molar-refractivity contribution is -0.0327. The number of aromatic nitrogens is 2. The Labute approximate surface area is 232 Å². The van der Waals surface area contributed by atoms with Crippen molar-refractivity contribution in [1.29, 1.82) is 0 Å². The van der Waals surface area contributed by atoms with E-state index in [4.69, 9.17) is 4.74 Å². The van der Waals surface area contributed by atoms with Gasteiger partial charge in [0.25, 0.3) is 5.91 Å². The number of carbonyl (C=O) groups is 1. The van der Waals surface area contributed by atoms with Gasteiger partial charge in [-0.2, -0.15) is 18.3 Å². The minimum absolute atomic E-state index is 0.0367. The second kappa shape index (κ2) is 10.7. The Hall–Kier alpha value is -3.63. The van der Waals surface area contributed by atoms with Crippen molar-refractivity contribution in [3.63, 3.8) is 0 Å². The van der Waals surface area contributed by atoms with E-state index in [-0.39, 0.29) is 52.8 Å². The molecule has 212 valence electrons. The summed E-state index contributed by atoms with van der Waals surface area (Å²) in [5, 5.41) is 13.3. The zero-order chi connectivity index (χ0) is 28.7. The maximum atomic E-state index is 15.1. The normalized spacial score (nSPS) is 22.2. The van der Waals surface area contributed by atoms with E-state index in [9.17, 15) is 18.0 Å². The molecule has 2 aliphatic rings. The summed E-state index contributed by atoms with van der Waals surface area (Å²) in [6.07, 6.45) is -0.467. The van der Waals surface area contributed by atoms with Gasteiger partial charge in [-0.05, 0) is 67.4 Å². The van der Waals surface area contributed by atoms with Crippen LogP contribution in [0.1, 0.15) is 22.5 Å². The van der Waals surface area contributed by atoms with Crippen molar-refractivity contribution >= 4 is 34.7 Å². The number of fused-ring (bicyclic) bond motifs is 2. The SMILES string of the molecule is CNC(=O)c1ccc(NCC#Cc2nn3c(N[C@]45CC4CN(C)C[C@@H]5F)cccc3c2SC(F)(F)F)c(OC)c1. The van der Waals surface area contributed by atoms with Gasteiger partial charge < -0.3 is 25.6 Å². The molecule has 5 rings (SSSR count). The van der Waals surface area contributed by atoms with Crippen LogP contribution in [0.3, 0.4) is 0 Å². The van der Waals surface area contributed by atoms with E-state index in [2.05, 4.69) is 32.9 Å². The van der Waals surface area contributed by atoms with Crippen molar-refractivity contribution < 1.29 is 27.1 Å². The van der Waals surface area contributed by atoms with E-state index in [0.29, 0.717) is 29.2 Å². The minimum atomic E-state index is -4.56. The van der Waals surface area contributed by atoms with Crippen LogP contribution in [-0.4, -0.2) is 78.5 Å². The van der Waals surface area contributed by atoms with Crippen LogP contribution in [0.15, 0.2) is 41.3 Å². The Morgan fingerprint density at radius 2 is 2.08 bits per heavy atom. The second-order valence-corrected chi connectivity index (χ2v) is 10.9. The van der Waals surface area contributed by atoms with Gasteiger partial charge in [0, 0.05) is 25.7 Å². The number of rotatable bonds is 7. The van der Waals surface area contributed by atoms with Gasteiger partial charge >= 0.3 is 5.51 Å². The van der Waals surface area contributed by atoms with Crippen molar-refractivity contribution in [3.05, 3.63) is 47.7 Å². The molecule has 1 unspecified atom stereocenters. The Bertz CT molecular complexity index is 1500. The van der Waals surface area contributed by atoms with Gasteiger partial charge in [0.2, 0.25) is 0 Å². The van der Waals surface area contributed by atoms with Crippen molar-refractivity contribution in [2.75, 3.05) is 51.5 Å². The number of hydrogen-bond donors (Lipinski definition) is 3. The van der Waals surface area contributed by atoms with E-state index in [0.717, 1.165) is 6.54 Å². The highest BCUT2D eigenvalue weighted by Crippen LogP contribution is 2.53. The first-order chi connectivity index (χ1) is 19.0. The van der Waals surface area contributed by atoms with Gasteiger partial charge in [-0.15, -0.1) is 0 Å². The number of alkyl halides is 4. The number of piperidine rings is 1. The molecule has 1 saturated carbocycles. The summed E-state index contributed by atoms with van der Waals surface area (Å²) < 4.78 is 62.3. The summed E-state index contributed by atoms with van der Waals surface area (Å²) >= 11 is -0.277. The van der Waals surface area contributed by atoms with Crippen LogP contribution in [0.5, 0.6) is 5.75 Å². The topological polar surface area (TPSA) is 82.9 Å². The molecule has 1 amide bonds. The fourth-order valence-corrected chi connectivity index (χ4v) is 5.83. The lowest BCUT2D eigenvalue weighted by atomic mass is 10.0. The number of benzene rings is 1. The number of amides is 1. The zero-order valence-electron chi connectivity index (χ0n) is 22.0. The van der Waals surface area contributed by atoms with Crippen molar-refractivity contribution in [3.8, 4) is 17.6 Å². The highest BCUT2D eigenvalue weighted by molar-refractivity contribution is 8.00. The summed E-state index contributed by atoms with van der Waals surface area (Å²) in [5.41, 5.74) is -4.13. The standard InChI is InChI=1S/C27H28F4N6O2S/c1-32-25(38)16-9-10-18(21(12-16)39-3)33-11-5-6-19-24(40-27(29,30)31)20-7-4-8-23(37(20)35-19)34-26-13-17(26)14-36(2)15-22(26)28/h4,7-10,12,17,22,33-34H,11,13-15H2,1-3H3,(H,32,38)/t17?,22-,26+/m0/s1. The monoisotopic (exact) mass is 576 g/mol. The van der Waals surface area contributed by atoms with Crippen LogP contribution in [0.4, 0.5) is 29.1 Å². The largest absolute Gasteiger partial charge is 0.495 e. The quantitative estimate of drug-likeness (QED) is 0.221. The molecule has 8 nitrogen and oxygen atoms in total. The number of ether oxygens (including phenoxy) is 1. The maximum Gasteiger partial charge on any atom is 0.446 e. The van der Waals surface area contributed by atoms with E-state index >= 15 is 4.39 Å². The van der Waals surface area contributed by atoms with Crippen molar-refractivity contribution in [1.82, 2.24) is 19.8 Å². The van der Waals surface area contributed by atoms with Gasteiger partial charge in [0.05, 0.1) is 35.3 Å². The molecule has 1 aliphatic heterocycles. The molecule has 1 saturated heterocycles. The summed E-state index contributed by atoms with van der Waals surface area (Å²) in [6.45, 7) is 1.12. The summed E-state index contributed by atoms with van der Waals surface area (Å²) in [7, 11) is 4.86. The highest BCUT2D eigenvalue weighted by Gasteiger charge is 2.63. The van der Waals surface area contributed by atoms with Crippen LogP contribution < -0.4 is 20.7 Å². The first-order valence-electron chi connectivity index (χ1n) is 12.6. The minimum Gasteiger partial charge on any atom is -0.495 e. The Morgan fingerprint density at radius 1 is 1.27 bits per heavy atom. The zero-order valence-corrected chi connectivity index (χ0v) is 22.8. The Balaban J connectivity index is 1.41. The molecule has 0 bridgehead atoms. The van der Waals surface area contributed by atoms with E-state index < -0.39 is 17.2 Å². The number of likely N-dealkylation sites (tertiary alicyclic amines) is 1. The van der Waals surface area contributed by atoms with Crippen LogP contribution in [0.2, 0.25) is 0 Å². The number of methoxy groups -OCH3 is 1. The predicted molar refractivity (Wildman–Crippen MR) is 146 cm³/mol. The number of halogens is 4. The lowest BCUT2D eigenvalue weighted by Gasteiger charge is -2.33. The molecule has 13 heteroatoms. The van der Waals surface area contributed by atoms with Gasteiger partial charge in [0.1, 0.15) is 23.4 Å². The summed E-state index contributed by atoms with van der Waals surface area (Å²) in [6, 6.07) is 9.69. The fourth-order valence-electron chi connectivity index (χ4n) is 5.15. The molecule has 3 heterocycles. The molecule has 0 spiro atoms. The van der Waals surface area contributed by atoms with E-state index in [1.54, 1.807) is 30.3 Å². The molecule has 3 atom stereocenters. The molecule has 2 aromatic heterocycles. The van der Waals surface area contributed by atoms with Gasteiger partial charge in [-0.25, -0.2) is 8.91 Å². The average Bonchev–Trinajstić information content (AvgIpc) is 3.51. The molecule has 0 radical (unpaired) electrons. The molecular formula is C27H28F4N6O2S. The number of nitrogens with one attached hydrogen (secondary N) is 3. The average molecular weight is 577 g/mol. The molecule has 40 heavy (non-hydrogen) atoms. The molecule has 3 N–H and O–H groups in total. The van der Waals surface area contributed by atoms with Gasteiger partial charge in [-0.1, -0.05) is 12.0 Å². The van der Waals surface area contributed by atoms with Crippen molar-refractivity contribution in [2.24, 2.45) is 5.92 Å². The van der Waals surface area contributed by atoms with Crippen LogP contribution in [0, 0.1) is 17.8 Å². The number of pyridine rings is 1. The van der Waals surface area contributed by atoms with Crippen molar-refractivity contribution in [2.45, 2.75) is 28.5 Å². The highest BCUT2D eigenvalue weighted by atomic mass is 32.2. The molecule has 3 aromatic rings. The van der Waals surface area contributed by atoms with Crippen LogP contribution in [-0.2, 0) is 0 Å². The van der Waals surface area contributed by atoms with E-state index in [1.165, 1.54) is 24.7 Å². The molecule has 2 fully saturated rings. The number of nitrogens with zero attached hydrogens (tertiary/aromatic N) is 3. The Morgan fingerprint density at radius 3 is 2.77 bits per heavy atom. The number of carbonyl (C=O) groups excluding carboxylic acids is 1. The first kappa shape index (κ1) is 27.9. The second-order valence-electron chi connectivity index (χ2n) is 9.84. The van der Waals surface area contributed by atoms with Crippen LogP contribution in [0.25, 0.3) is 5.52 Å². The maximum absolute atomic E-state index is 15.1. The third kappa shape index (κ3) is 5.51. The third-order valence-electron chi connectivity index (χ3n) is 7.17. The van der Waals surface area contributed by atoms with Crippen LogP contribution >= 0.6 is 11.8 Å². The summed E-state index contributed by atoms with van der Waals surface area (Å²) in [4.78, 5) is 13.7. The fraction of sp³-hybridized carbons (Fsp3) is 0.407. The smallest absolute Gasteiger partial charge is 0.446 e. The van der Waals surface area contributed by atoms with Gasteiger partial charge in [-0.3, -0.25) is 4.79 Å². The number of thioether (sulfide) groups is 1. The molecule has 1 aliphatic carbocycles.